The molecular formula is C17H14ClN3O4. The summed E-state index contributed by atoms with van der Waals surface area (Å²) in [7, 11) is 2.96. The number of carbonyl (C=O) groups is 1. The zero-order chi connectivity index (χ0) is 17.8. The first-order valence-corrected chi connectivity index (χ1v) is 7.60. The second-order valence-electron chi connectivity index (χ2n) is 4.96. The summed E-state index contributed by atoms with van der Waals surface area (Å²) in [6.45, 7) is 0. The van der Waals surface area contributed by atoms with Gasteiger partial charge in [-0.3, -0.25) is 9.78 Å². The number of ether oxygens (including phenoxy) is 2. The lowest BCUT2D eigenvalue weighted by Gasteiger charge is -2.12. The fourth-order valence-electron chi connectivity index (χ4n) is 2.17. The Morgan fingerprint density at radius 2 is 2.00 bits per heavy atom. The number of methoxy groups -OCH3 is 2. The van der Waals surface area contributed by atoms with Crippen molar-refractivity contribution < 1.29 is 18.8 Å². The monoisotopic (exact) mass is 359 g/mol. The number of aromatic nitrogens is 2. The van der Waals surface area contributed by atoms with Gasteiger partial charge in [0.15, 0.2) is 11.5 Å². The number of hydrogen-bond acceptors (Lipinski definition) is 6. The van der Waals surface area contributed by atoms with Crippen molar-refractivity contribution in [3.05, 3.63) is 53.4 Å². The van der Waals surface area contributed by atoms with E-state index in [0.717, 1.165) is 5.56 Å². The average molecular weight is 360 g/mol. The maximum Gasteiger partial charge on any atom is 0.277 e. The molecule has 128 valence electrons. The second-order valence-corrected chi connectivity index (χ2v) is 5.37. The van der Waals surface area contributed by atoms with E-state index in [2.05, 4.69) is 15.5 Å². The van der Waals surface area contributed by atoms with Crippen LogP contribution in [0.4, 0.5) is 5.69 Å². The Hall–Kier alpha value is -3.06. The Balaban J connectivity index is 1.85. The Morgan fingerprint density at radius 1 is 1.20 bits per heavy atom. The molecule has 0 saturated carbocycles. The summed E-state index contributed by atoms with van der Waals surface area (Å²) in [5, 5.41) is 6.87. The topological polar surface area (TPSA) is 86.5 Å². The van der Waals surface area contributed by atoms with Crippen LogP contribution in [0.3, 0.4) is 0 Å². The van der Waals surface area contributed by atoms with Crippen molar-refractivity contribution in [1.29, 1.82) is 0 Å². The van der Waals surface area contributed by atoms with Gasteiger partial charge < -0.3 is 19.3 Å². The molecule has 0 atom stereocenters. The molecule has 1 N–H and O–H groups in total. The van der Waals surface area contributed by atoms with Gasteiger partial charge in [-0.1, -0.05) is 16.8 Å². The van der Waals surface area contributed by atoms with E-state index in [1.807, 2.05) is 6.07 Å². The molecule has 3 aromatic rings. The first-order chi connectivity index (χ1) is 12.1. The third kappa shape index (κ3) is 3.56. The molecule has 25 heavy (non-hydrogen) atoms. The maximum absolute atomic E-state index is 12.4. The molecule has 7 nitrogen and oxygen atoms in total. The number of hydrogen-bond donors (Lipinski definition) is 1. The van der Waals surface area contributed by atoms with Gasteiger partial charge in [-0.15, -0.1) is 0 Å². The molecule has 8 heteroatoms. The zero-order valence-corrected chi connectivity index (χ0v) is 14.2. The van der Waals surface area contributed by atoms with Gasteiger partial charge >= 0.3 is 0 Å². The highest BCUT2D eigenvalue weighted by atomic mass is 35.5. The number of carbonyl (C=O) groups excluding carboxylic acids is 1. The average Bonchev–Trinajstić information content (AvgIpc) is 3.13. The fourth-order valence-corrected chi connectivity index (χ4v) is 2.40. The number of rotatable bonds is 5. The summed E-state index contributed by atoms with van der Waals surface area (Å²) >= 11 is 6.05. The van der Waals surface area contributed by atoms with Crippen LogP contribution in [0.5, 0.6) is 11.5 Å². The Bertz CT molecular complexity index is 896. The van der Waals surface area contributed by atoms with Crippen molar-refractivity contribution >= 4 is 23.2 Å². The van der Waals surface area contributed by atoms with E-state index in [1.54, 1.807) is 30.6 Å². The van der Waals surface area contributed by atoms with Crippen LogP contribution in [0.2, 0.25) is 5.02 Å². The summed E-state index contributed by atoms with van der Waals surface area (Å²) in [5.74, 6) is 0.796. The third-order valence-electron chi connectivity index (χ3n) is 3.41. The van der Waals surface area contributed by atoms with E-state index in [1.165, 1.54) is 20.3 Å². The van der Waals surface area contributed by atoms with Crippen LogP contribution in [0, 0.1) is 0 Å². The van der Waals surface area contributed by atoms with E-state index in [-0.39, 0.29) is 5.69 Å². The van der Waals surface area contributed by atoms with Gasteiger partial charge in [0.05, 0.1) is 24.9 Å². The van der Waals surface area contributed by atoms with Gasteiger partial charge in [-0.05, 0) is 12.1 Å². The highest BCUT2D eigenvalue weighted by Crippen LogP contribution is 2.36. The molecule has 2 heterocycles. The largest absolute Gasteiger partial charge is 0.495 e. The summed E-state index contributed by atoms with van der Waals surface area (Å²) in [6, 6.07) is 8.23. The Morgan fingerprint density at radius 3 is 2.68 bits per heavy atom. The van der Waals surface area contributed by atoms with Crippen LogP contribution in [-0.4, -0.2) is 30.3 Å². The van der Waals surface area contributed by atoms with E-state index in [0.29, 0.717) is 28.0 Å². The first-order valence-electron chi connectivity index (χ1n) is 7.22. The summed E-state index contributed by atoms with van der Waals surface area (Å²) in [6.07, 6.45) is 3.27. The lowest BCUT2D eigenvalue weighted by Crippen LogP contribution is -2.13. The quantitative estimate of drug-likeness (QED) is 0.748. The predicted octanol–water partition coefficient (Wildman–Crippen LogP) is 3.66. The molecule has 1 amide bonds. The molecule has 0 aliphatic carbocycles. The molecular weight excluding hydrogens is 346 g/mol. The molecule has 1 aromatic carbocycles. The molecule has 0 unspecified atom stereocenters. The molecule has 0 saturated heterocycles. The van der Waals surface area contributed by atoms with Gasteiger partial charge in [0.1, 0.15) is 11.5 Å². The van der Waals surface area contributed by atoms with Gasteiger partial charge in [0, 0.05) is 36.2 Å². The van der Waals surface area contributed by atoms with Crippen LogP contribution in [-0.2, 0) is 0 Å². The van der Waals surface area contributed by atoms with Gasteiger partial charge in [-0.25, -0.2) is 0 Å². The fraction of sp³-hybridized carbons (Fsp3) is 0.118. The van der Waals surface area contributed by atoms with E-state index >= 15 is 0 Å². The van der Waals surface area contributed by atoms with Crippen molar-refractivity contribution in [3.8, 4) is 22.8 Å². The van der Waals surface area contributed by atoms with Crippen LogP contribution >= 0.6 is 11.6 Å². The third-order valence-corrected chi connectivity index (χ3v) is 3.71. The van der Waals surface area contributed by atoms with Gasteiger partial charge in [0.2, 0.25) is 0 Å². The normalized spacial score (nSPS) is 10.4. The van der Waals surface area contributed by atoms with Crippen LogP contribution in [0.25, 0.3) is 11.3 Å². The number of nitrogens with zero attached hydrogens (tertiary/aromatic N) is 2. The highest BCUT2D eigenvalue weighted by Gasteiger charge is 2.17. The molecule has 0 bridgehead atoms. The van der Waals surface area contributed by atoms with Crippen molar-refractivity contribution in [2.45, 2.75) is 0 Å². The van der Waals surface area contributed by atoms with Crippen molar-refractivity contribution in [2.24, 2.45) is 0 Å². The number of amides is 1. The minimum absolute atomic E-state index is 0.120. The van der Waals surface area contributed by atoms with Crippen molar-refractivity contribution in [3.63, 3.8) is 0 Å². The number of nitrogens with one attached hydrogen (secondary N) is 1. The number of anilines is 1. The van der Waals surface area contributed by atoms with Crippen LogP contribution in [0.1, 0.15) is 10.5 Å². The van der Waals surface area contributed by atoms with Crippen LogP contribution < -0.4 is 14.8 Å². The summed E-state index contributed by atoms with van der Waals surface area (Å²) < 4.78 is 15.6. The minimum atomic E-state index is -0.457. The standard InChI is InChI=1S/C17H14ClN3O4/c1-23-15-7-12(16(24-2)6-11(15)18)20-17(22)13-8-14(25-21-13)10-4-3-5-19-9-10/h3-9H,1-2H3,(H,20,22). The van der Waals surface area contributed by atoms with Crippen molar-refractivity contribution in [1.82, 2.24) is 10.1 Å². The molecule has 0 aliphatic heterocycles. The van der Waals surface area contributed by atoms with Gasteiger partial charge in [0.25, 0.3) is 5.91 Å². The maximum atomic E-state index is 12.4. The first kappa shape index (κ1) is 16.8. The second kappa shape index (κ2) is 7.23. The predicted molar refractivity (Wildman–Crippen MR) is 92.2 cm³/mol. The smallest absolute Gasteiger partial charge is 0.277 e. The molecule has 0 aliphatic rings. The van der Waals surface area contributed by atoms with Crippen molar-refractivity contribution in [2.75, 3.05) is 19.5 Å². The molecule has 0 radical (unpaired) electrons. The molecule has 2 aromatic heterocycles. The number of benzene rings is 1. The lowest BCUT2D eigenvalue weighted by molar-refractivity contribution is 0.101. The SMILES string of the molecule is COc1cc(NC(=O)c2cc(-c3cccnc3)on2)c(OC)cc1Cl. The zero-order valence-electron chi connectivity index (χ0n) is 13.4. The van der Waals surface area contributed by atoms with E-state index in [4.69, 9.17) is 25.6 Å². The van der Waals surface area contributed by atoms with E-state index in [9.17, 15) is 4.79 Å². The Labute approximate surface area is 148 Å². The molecule has 3 rings (SSSR count). The van der Waals surface area contributed by atoms with E-state index < -0.39 is 5.91 Å². The number of halogens is 1. The minimum Gasteiger partial charge on any atom is -0.495 e. The molecule has 0 fully saturated rings. The number of pyridine rings is 1. The van der Waals surface area contributed by atoms with Gasteiger partial charge in [-0.2, -0.15) is 0 Å². The lowest BCUT2D eigenvalue weighted by atomic mass is 10.2. The van der Waals surface area contributed by atoms with Crippen LogP contribution in [0.15, 0.2) is 47.2 Å². The molecule has 0 spiro atoms. The summed E-state index contributed by atoms with van der Waals surface area (Å²) in [5.41, 5.74) is 1.24. The Kier molecular flexibility index (Phi) is 4.85. The summed E-state index contributed by atoms with van der Waals surface area (Å²) in [4.78, 5) is 16.4. The highest BCUT2D eigenvalue weighted by molar-refractivity contribution is 6.32.